The number of carboxylic acids is 1. The van der Waals surface area contributed by atoms with Gasteiger partial charge in [-0.05, 0) is 29.6 Å². The minimum atomic E-state index is -1.07. The Hall–Kier alpha value is -1.59. The first-order chi connectivity index (χ1) is 9.37. The van der Waals surface area contributed by atoms with Crippen molar-refractivity contribution in [1.82, 2.24) is 4.57 Å². The molecule has 0 unspecified atom stereocenters. The number of hydrogen-bond donors (Lipinski definition) is 1. The van der Waals surface area contributed by atoms with Gasteiger partial charge in [0, 0.05) is 20.9 Å². The number of benzene rings is 1. The van der Waals surface area contributed by atoms with Crippen molar-refractivity contribution in [2.24, 2.45) is 0 Å². The molecule has 0 aliphatic heterocycles. The molecule has 2 aromatic rings. The topological polar surface area (TPSA) is 51.5 Å². The zero-order chi connectivity index (χ0) is 14.8. The van der Waals surface area contributed by atoms with Gasteiger partial charge in [0.15, 0.2) is 0 Å². The van der Waals surface area contributed by atoms with Crippen molar-refractivity contribution >= 4 is 24.9 Å². The highest BCUT2D eigenvalue weighted by atomic mass is 28.3. The lowest BCUT2D eigenvalue weighted by atomic mass is 10.2. The van der Waals surface area contributed by atoms with Crippen LogP contribution in [0.25, 0.3) is 10.9 Å². The molecule has 0 spiro atoms. The van der Waals surface area contributed by atoms with Crippen molar-refractivity contribution < 1.29 is 14.6 Å². The molecule has 2 rings (SSSR count). The molecule has 0 aliphatic carbocycles. The molecule has 0 saturated carbocycles. The summed E-state index contributed by atoms with van der Waals surface area (Å²) in [6, 6.07) is 8.26. The van der Waals surface area contributed by atoms with E-state index >= 15 is 0 Å². The highest BCUT2D eigenvalue weighted by Crippen LogP contribution is 2.18. The second kappa shape index (κ2) is 5.81. The van der Waals surface area contributed by atoms with E-state index in [1.807, 2.05) is 22.9 Å². The van der Waals surface area contributed by atoms with Gasteiger partial charge in [0.25, 0.3) is 0 Å². The zero-order valence-corrected chi connectivity index (χ0v) is 13.2. The molecule has 0 amide bonds. The van der Waals surface area contributed by atoms with Gasteiger partial charge in [0.1, 0.15) is 6.73 Å². The van der Waals surface area contributed by atoms with Crippen LogP contribution < -0.4 is 0 Å². The molecular weight excluding hydrogens is 270 g/mol. The smallest absolute Gasteiger partial charge is 0.335 e. The number of aromatic carboxylic acids is 1. The van der Waals surface area contributed by atoms with Crippen molar-refractivity contribution in [3.05, 3.63) is 36.0 Å². The third-order valence-corrected chi connectivity index (χ3v) is 4.95. The van der Waals surface area contributed by atoms with Gasteiger partial charge in [-0.15, -0.1) is 0 Å². The van der Waals surface area contributed by atoms with Crippen molar-refractivity contribution in [1.29, 1.82) is 0 Å². The third kappa shape index (κ3) is 3.71. The summed E-state index contributed by atoms with van der Waals surface area (Å²) in [7, 11) is -1.07. The summed E-state index contributed by atoms with van der Waals surface area (Å²) in [6.45, 7) is 8.19. The van der Waals surface area contributed by atoms with Gasteiger partial charge in [-0.3, -0.25) is 0 Å². The number of fused-ring (bicyclic) bond motifs is 1. The monoisotopic (exact) mass is 291 g/mol. The van der Waals surface area contributed by atoms with Gasteiger partial charge in [-0.2, -0.15) is 0 Å². The van der Waals surface area contributed by atoms with E-state index in [1.54, 1.807) is 12.1 Å². The maximum absolute atomic E-state index is 11.0. The Morgan fingerprint density at radius 3 is 2.70 bits per heavy atom. The van der Waals surface area contributed by atoms with Crippen LogP contribution in [0.1, 0.15) is 10.4 Å². The molecule has 0 fully saturated rings. The predicted molar refractivity (Wildman–Crippen MR) is 83.0 cm³/mol. The molecule has 0 bridgehead atoms. The quantitative estimate of drug-likeness (QED) is 0.653. The number of carboxylic acid groups (broad SMARTS) is 1. The van der Waals surface area contributed by atoms with E-state index in [0.717, 1.165) is 23.6 Å². The van der Waals surface area contributed by atoms with Crippen molar-refractivity contribution in [3.8, 4) is 0 Å². The molecule has 1 aromatic carbocycles. The van der Waals surface area contributed by atoms with Crippen LogP contribution in [-0.4, -0.2) is 30.3 Å². The molecule has 5 heteroatoms. The Kier molecular flexibility index (Phi) is 4.30. The maximum Gasteiger partial charge on any atom is 0.335 e. The number of nitrogens with zero attached hydrogens (tertiary/aromatic N) is 1. The van der Waals surface area contributed by atoms with Crippen molar-refractivity contribution in [3.63, 3.8) is 0 Å². The number of aromatic nitrogens is 1. The molecular formula is C15H21NO3Si. The third-order valence-electron chi connectivity index (χ3n) is 3.25. The van der Waals surface area contributed by atoms with E-state index in [0.29, 0.717) is 12.3 Å². The Morgan fingerprint density at radius 1 is 1.30 bits per heavy atom. The normalized spacial score (nSPS) is 11.9. The van der Waals surface area contributed by atoms with Crippen molar-refractivity contribution in [2.45, 2.75) is 32.4 Å². The molecule has 20 heavy (non-hydrogen) atoms. The van der Waals surface area contributed by atoms with Crippen LogP contribution in [0.4, 0.5) is 0 Å². The molecule has 1 N–H and O–H groups in total. The van der Waals surface area contributed by atoms with Crippen LogP contribution in [0.3, 0.4) is 0 Å². The summed E-state index contributed by atoms with van der Waals surface area (Å²) in [5.41, 5.74) is 1.21. The maximum atomic E-state index is 11.0. The van der Waals surface area contributed by atoms with Gasteiger partial charge in [0.2, 0.25) is 0 Å². The fourth-order valence-electron chi connectivity index (χ4n) is 1.97. The summed E-state index contributed by atoms with van der Waals surface area (Å²) >= 11 is 0. The van der Waals surface area contributed by atoms with E-state index < -0.39 is 14.0 Å². The lowest BCUT2D eigenvalue weighted by molar-refractivity contribution is 0.0696. The molecule has 1 heterocycles. The standard InChI is InChI=1S/C15H21NO3Si/c1-20(2,3)9-8-19-11-16-7-6-12-4-5-13(15(17)18)10-14(12)16/h4-7,10H,8-9,11H2,1-3H3,(H,17,18). The van der Waals surface area contributed by atoms with E-state index in [1.165, 1.54) is 0 Å². The van der Waals surface area contributed by atoms with Crippen LogP contribution in [0.15, 0.2) is 30.5 Å². The zero-order valence-electron chi connectivity index (χ0n) is 12.2. The number of ether oxygens (including phenoxy) is 1. The lowest BCUT2D eigenvalue weighted by Gasteiger charge is -2.15. The van der Waals surface area contributed by atoms with Crippen LogP contribution in [0.2, 0.25) is 25.7 Å². The fraction of sp³-hybridized carbons (Fsp3) is 0.400. The molecule has 108 valence electrons. The molecule has 0 radical (unpaired) electrons. The van der Waals surface area contributed by atoms with E-state index in [2.05, 4.69) is 19.6 Å². The average molecular weight is 291 g/mol. The minimum Gasteiger partial charge on any atom is -0.478 e. The number of rotatable bonds is 6. The highest BCUT2D eigenvalue weighted by Gasteiger charge is 2.12. The lowest BCUT2D eigenvalue weighted by Crippen LogP contribution is -2.21. The van der Waals surface area contributed by atoms with Gasteiger partial charge >= 0.3 is 5.97 Å². The van der Waals surface area contributed by atoms with Crippen LogP contribution in [-0.2, 0) is 11.5 Å². The molecule has 0 atom stereocenters. The Labute approximate surface area is 120 Å². The summed E-state index contributed by atoms with van der Waals surface area (Å²) in [4.78, 5) is 11.0. The first-order valence-electron chi connectivity index (χ1n) is 6.77. The predicted octanol–water partition coefficient (Wildman–Crippen LogP) is 3.65. The second-order valence-electron chi connectivity index (χ2n) is 6.21. The Morgan fingerprint density at radius 2 is 2.05 bits per heavy atom. The van der Waals surface area contributed by atoms with Gasteiger partial charge < -0.3 is 14.4 Å². The van der Waals surface area contributed by atoms with Crippen molar-refractivity contribution in [2.75, 3.05) is 6.61 Å². The van der Waals surface area contributed by atoms with Gasteiger partial charge in [-0.1, -0.05) is 25.7 Å². The number of carbonyl (C=O) groups is 1. The van der Waals surface area contributed by atoms with Crippen LogP contribution >= 0.6 is 0 Å². The Bertz CT molecular complexity index is 613. The summed E-state index contributed by atoms with van der Waals surface area (Å²) < 4.78 is 7.66. The minimum absolute atomic E-state index is 0.305. The van der Waals surface area contributed by atoms with E-state index in [9.17, 15) is 4.79 Å². The van der Waals surface area contributed by atoms with E-state index in [-0.39, 0.29) is 0 Å². The summed E-state index contributed by atoms with van der Waals surface area (Å²) in [5.74, 6) is -0.903. The first kappa shape index (κ1) is 14.8. The van der Waals surface area contributed by atoms with Crippen LogP contribution in [0.5, 0.6) is 0 Å². The molecule has 4 nitrogen and oxygen atoms in total. The fourth-order valence-corrected chi connectivity index (χ4v) is 2.73. The molecule has 0 saturated heterocycles. The largest absolute Gasteiger partial charge is 0.478 e. The molecule has 0 aliphatic rings. The summed E-state index contributed by atoms with van der Waals surface area (Å²) in [6.07, 6.45) is 1.94. The van der Waals surface area contributed by atoms with Gasteiger partial charge in [-0.25, -0.2) is 4.79 Å². The average Bonchev–Trinajstić information content (AvgIpc) is 2.76. The highest BCUT2D eigenvalue weighted by molar-refractivity contribution is 6.76. The second-order valence-corrected chi connectivity index (χ2v) is 11.8. The van der Waals surface area contributed by atoms with Crippen LogP contribution in [0, 0.1) is 0 Å². The SMILES string of the molecule is C[Si](C)(C)CCOCn1ccc2ccc(C(=O)O)cc21. The Balaban J connectivity index is 2.06. The number of hydrogen-bond acceptors (Lipinski definition) is 2. The molecule has 1 aromatic heterocycles. The first-order valence-corrected chi connectivity index (χ1v) is 10.5. The van der Waals surface area contributed by atoms with E-state index in [4.69, 9.17) is 9.84 Å². The van der Waals surface area contributed by atoms with Gasteiger partial charge in [0.05, 0.1) is 11.1 Å². The summed E-state index contributed by atoms with van der Waals surface area (Å²) in [5, 5.41) is 10.1.